The lowest BCUT2D eigenvalue weighted by atomic mass is 10.5. The summed E-state index contributed by atoms with van der Waals surface area (Å²) in [7, 11) is 0. The van der Waals surface area contributed by atoms with Crippen LogP contribution in [0.5, 0.6) is 0 Å². The lowest BCUT2D eigenvalue weighted by Crippen LogP contribution is -2.03. The molecular weight excluding hydrogens is 136 g/mol. The summed E-state index contributed by atoms with van der Waals surface area (Å²) in [6.45, 7) is 2.50. The number of hydrogen-bond donors (Lipinski definition) is 1. The average Bonchev–Trinajstić information content (AvgIpc) is 1.97. The topological polar surface area (TPSA) is 55.8 Å². The second-order valence-corrected chi connectivity index (χ2v) is 1.62. The smallest absolute Gasteiger partial charge is 0.417 e. The number of aliphatic hydroxyl groups excluding tert-OH is 1. The van der Waals surface area contributed by atoms with Gasteiger partial charge in [0.25, 0.3) is 0 Å². The molecule has 59 valence electrons. The summed E-state index contributed by atoms with van der Waals surface area (Å²) in [5.41, 5.74) is 0. The van der Waals surface area contributed by atoms with Crippen molar-refractivity contribution in [3.05, 3.63) is 0 Å². The zero-order valence-electron chi connectivity index (χ0n) is 5.71. The van der Waals surface area contributed by atoms with E-state index in [1.807, 2.05) is 0 Å². The number of rotatable bonds is 7. The highest BCUT2D eigenvalue weighted by atomic mass is 16.5. The summed E-state index contributed by atoms with van der Waals surface area (Å²) in [4.78, 5) is 9.47. The molecule has 1 N–H and O–H groups in total. The summed E-state index contributed by atoms with van der Waals surface area (Å²) in [5, 5.41) is 8.25. The van der Waals surface area contributed by atoms with Crippen LogP contribution in [0.2, 0.25) is 0 Å². The largest absolute Gasteiger partial charge is 0.457 e. The third kappa shape index (κ3) is 7.39. The van der Waals surface area contributed by atoms with Gasteiger partial charge in [-0.2, -0.15) is 0 Å². The molecule has 0 aromatic carbocycles. The van der Waals surface area contributed by atoms with E-state index in [0.717, 1.165) is 0 Å². The molecule has 0 saturated carbocycles. The van der Waals surface area contributed by atoms with Crippen molar-refractivity contribution in [2.75, 3.05) is 26.4 Å². The molecule has 10 heavy (non-hydrogen) atoms. The van der Waals surface area contributed by atoms with Gasteiger partial charge in [-0.05, 0) is 0 Å². The van der Waals surface area contributed by atoms with Crippen LogP contribution in [0, 0.1) is 0 Å². The minimum Gasteiger partial charge on any atom is -0.457 e. The molecule has 0 saturated heterocycles. The molecule has 1 radical (unpaired) electrons. The molecule has 0 amide bonds. The van der Waals surface area contributed by atoms with Crippen molar-refractivity contribution >= 4 is 6.47 Å². The van der Waals surface area contributed by atoms with Crippen LogP contribution in [0.4, 0.5) is 0 Å². The van der Waals surface area contributed by atoms with Crippen LogP contribution in [0.1, 0.15) is 6.42 Å². The van der Waals surface area contributed by atoms with Gasteiger partial charge < -0.3 is 14.6 Å². The quantitative estimate of drug-likeness (QED) is 0.492. The highest BCUT2D eigenvalue weighted by molar-refractivity contribution is 5.37. The Bertz CT molecular complexity index is 74.1. The fraction of sp³-hybridized carbons (Fsp3) is 0.833. The van der Waals surface area contributed by atoms with Crippen LogP contribution in [0.15, 0.2) is 0 Å². The van der Waals surface area contributed by atoms with Gasteiger partial charge in [-0.15, -0.1) is 0 Å². The van der Waals surface area contributed by atoms with Crippen molar-refractivity contribution in [3.8, 4) is 0 Å². The molecular formula is C6H11O4. The number of carbonyl (C=O) groups excluding carboxylic acids is 1. The van der Waals surface area contributed by atoms with Crippen molar-refractivity contribution in [2.24, 2.45) is 0 Å². The maximum atomic E-state index is 9.47. The standard InChI is InChI=1S/C6H11O4/c7-2-5-9-3-1-4-10-6-8/h7H,1-5H2. The molecule has 0 bridgehead atoms. The fourth-order valence-electron chi connectivity index (χ4n) is 0.441. The zero-order chi connectivity index (χ0) is 7.66. The molecule has 0 aromatic heterocycles. The van der Waals surface area contributed by atoms with E-state index in [9.17, 15) is 4.79 Å². The molecule has 4 nitrogen and oxygen atoms in total. The Morgan fingerprint density at radius 3 is 2.70 bits per heavy atom. The highest BCUT2D eigenvalue weighted by Gasteiger charge is 1.87. The third-order valence-electron chi connectivity index (χ3n) is 0.830. The zero-order valence-corrected chi connectivity index (χ0v) is 5.71. The number of hydrogen-bond acceptors (Lipinski definition) is 4. The van der Waals surface area contributed by atoms with E-state index in [2.05, 4.69) is 4.74 Å². The van der Waals surface area contributed by atoms with Gasteiger partial charge in [0.1, 0.15) is 0 Å². The number of ether oxygens (including phenoxy) is 2. The van der Waals surface area contributed by atoms with Crippen molar-refractivity contribution in [3.63, 3.8) is 0 Å². The summed E-state index contributed by atoms with van der Waals surface area (Å²) in [6, 6.07) is 0. The van der Waals surface area contributed by atoms with E-state index in [4.69, 9.17) is 9.84 Å². The molecule has 0 atom stereocenters. The first-order chi connectivity index (χ1) is 4.91. The van der Waals surface area contributed by atoms with Gasteiger partial charge in [0.2, 0.25) is 0 Å². The molecule has 0 rings (SSSR count). The van der Waals surface area contributed by atoms with Crippen LogP contribution in [-0.2, 0) is 14.3 Å². The summed E-state index contributed by atoms with van der Waals surface area (Å²) < 4.78 is 9.14. The second kappa shape index (κ2) is 8.39. The minimum absolute atomic E-state index is 0.0284. The predicted octanol–water partition coefficient (Wildman–Crippen LogP) is -0.531. The average molecular weight is 147 g/mol. The maximum Gasteiger partial charge on any atom is 0.417 e. The van der Waals surface area contributed by atoms with Crippen LogP contribution in [0.3, 0.4) is 0 Å². The van der Waals surface area contributed by atoms with E-state index < -0.39 is 0 Å². The van der Waals surface area contributed by atoms with Gasteiger partial charge >= 0.3 is 6.47 Å². The van der Waals surface area contributed by atoms with Gasteiger partial charge in [-0.1, -0.05) is 0 Å². The fourth-order valence-corrected chi connectivity index (χ4v) is 0.441. The van der Waals surface area contributed by atoms with Gasteiger partial charge in [-0.25, -0.2) is 4.79 Å². The van der Waals surface area contributed by atoms with E-state index in [1.54, 1.807) is 0 Å². The Labute approximate surface area is 59.7 Å². The van der Waals surface area contributed by atoms with Crippen LogP contribution >= 0.6 is 0 Å². The first kappa shape index (κ1) is 9.39. The van der Waals surface area contributed by atoms with Crippen LogP contribution in [0.25, 0.3) is 0 Å². The molecule has 0 aliphatic rings. The lowest BCUT2D eigenvalue weighted by Gasteiger charge is -1.99. The molecule has 0 spiro atoms. The SMILES string of the molecule is O=[C]OCCCOCCO. The normalized spacial score (nSPS) is 9.30. The third-order valence-corrected chi connectivity index (χ3v) is 0.830. The van der Waals surface area contributed by atoms with E-state index in [-0.39, 0.29) is 6.61 Å². The lowest BCUT2D eigenvalue weighted by molar-refractivity contribution is 0.0823. The first-order valence-corrected chi connectivity index (χ1v) is 3.09. The Hall–Kier alpha value is -0.610. The minimum atomic E-state index is 0.0284. The van der Waals surface area contributed by atoms with Gasteiger partial charge in [0.15, 0.2) is 0 Å². The van der Waals surface area contributed by atoms with E-state index >= 15 is 0 Å². The van der Waals surface area contributed by atoms with E-state index in [1.165, 1.54) is 6.47 Å². The van der Waals surface area contributed by atoms with Crippen molar-refractivity contribution < 1.29 is 19.4 Å². The monoisotopic (exact) mass is 147 g/mol. The molecule has 0 aromatic rings. The molecule has 4 heteroatoms. The Kier molecular flexibility index (Phi) is 7.88. The van der Waals surface area contributed by atoms with Gasteiger partial charge in [-0.3, -0.25) is 0 Å². The Morgan fingerprint density at radius 1 is 1.30 bits per heavy atom. The van der Waals surface area contributed by atoms with Crippen molar-refractivity contribution in [1.29, 1.82) is 0 Å². The summed E-state index contributed by atoms with van der Waals surface area (Å²) >= 11 is 0. The van der Waals surface area contributed by atoms with Crippen LogP contribution < -0.4 is 0 Å². The predicted molar refractivity (Wildman–Crippen MR) is 34.2 cm³/mol. The first-order valence-electron chi connectivity index (χ1n) is 3.09. The van der Waals surface area contributed by atoms with Gasteiger partial charge in [0, 0.05) is 13.0 Å². The Balaban J connectivity index is 2.70. The molecule has 0 unspecified atom stereocenters. The second-order valence-electron chi connectivity index (χ2n) is 1.62. The van der Waals surface area contributed by atoms with E-state index in [0.29, 0.717) is 26.2 Å². The molecule has 0 aliphatic heterocycles. The van der Waals surface area contributed by atoms with Crippen molar-refractivity contribution in [2.45, 2.75) is 6.42 Å². The molecule has 0 heterocycles. The maximum absolute atomic E-state index is 9.47. The van der Waals surface area contributed by atoms with Crippen molar-refractivity contribution in [1.82, 2.24) is 0 Å². The summed E-state index contributed by atoms with van der Waals surface area (Å²) in [6.07, 6.45) is 0.648. The highest BCUT2D eigenvalue weighted by Crippen LogP contribution is 1.82. The van der Waals surface area contributed by atoms with Crippen LogP contribution in [-0.4, -0.2) is 38.0 Å². The molecule has 0 fully saturated rings. The molecule has 0 aliphatic carbocycles. The summed E-state index contributed by atoms with van der Waals surface area (Å²) in [5.74, 6) is 0. The number of aliphatic hydroxyl groups is 1. The Morgan fingerprint density at radius 2 is 2.10 bits per heavy atom. The van der Waals surface area contributed by atoms with Gasteiger partial charge in [0.05, 0.1) is 19.8 Å².